The fourth-order valence-corrected chi connectivity index (χ4v) is 3.77. The minimum Gasteiger partial charge on any atom is -0.360 e. The second-order valence-corrected chi connectivity index (χ2v) is 9.17. The number of nitrogens with zero attached hydrogens (tertiary/aromatic N) is 2. The molecule has 3 amide bonds. The highest BCUT2D eigenvalue weighted by Gasteiger charge is 2.27. The zero-order chi connectivity index (χ0) is 21.9. The number of benzene rings is 1. The normalized spacial score (nSPS) is 15.2. The van der Waals surface area contributed by atoms with Gasteiger partial charge in [0.15, 0.2) is 0 Å². The van der Waals surface area contributed by atoms with Crippen molar-refractivity contribution >= 4 is 23.5 Å². The van der Waals surface area contributed by atoms with E-state index in [0.717, 1.165) is 12.8 Å². The number of carbonyl (C=O) groups excluding carboxylic acids is 2. The number of rotatable bonds is 4. The summed E-state index contributed by atoms with van der Waals surface area (Å²) in [6.45, 7) is 9.53. The van der Waals surface area contributed by atoms with Gasteiger partial charge in [0.05, 0.1) is 5.02 Å². The van der Waals surface area contributed by atoms with Crippen molar-refractivity contribution in [1.82, 2.24) is 20.7 Å². The van der Waals surface area contributed by atoms with Crippen molar-refractivity contribution in [3.05, 3.63) is 40.6 Å². The Labute approximate surface area is 182 Å². The maximum atomic E-state index is 12.9. The van der Waals surface area contributed by atoms with Gasteiger partial charge in [0, 0.05) is 30.7 Å². The lowest BCUT2D eigenvalue weighted by Gasteiger charge is -2.34. The highest BCUT2D eigenvalue weighted by atomic mass is 35.5. The number of aromatic nitrogens is 1. The highest BCUT2D eigenvalue weighted by Crippen LogP contribution is 2.31. The van der Waals surface area contributed by atoms with Gasteiger partial charge in [0.1, 0.15) is 17.0 Å². The first-order valence-corrected chi connectivity index (χ1v) is 10.6. The molecule has 0 radical (unpaired) electrons. The first-order chi connectivity index (χ1) is 14.2. The third-order valence-electron chi connectivity index (χ3n) is 5.15. The average molecular weight is 433 g/mol. The number of carbonyl (C=O) groups is 2. The summed E-state index contributed by atoms with van der Waals surface area (Å²) in [4.78, 5) is 27.0. The Morgan fingerprint density at radius 1 is 1.23 bits per heavy atom. The van der Waals surface area contributed by atoms with E-state index in [-0.39, 0.29) is 17.5 Å². The smallest absolute Gasteiger partial charge is 0.317 e. The van der Waals surface area contributed by atoms with Crippen LogP contribution in [-0.2, 0) is 0 Å². The van der Waals surface area contributed by atoms with Gasteiger partial charge in [0.2, 0.25) is 0 Å². The average Bonchev–Trinajstić information content (AvgIpc) is 3.07. The predicted molar refractivity (Wildman–Crippen MR) is 117 cm³/mol. The summed E-state index contributed by atoms with van der Waals surface area (Å²) in [5.74, 6) is 0.546. The first kappa shape index (κ1) is 22.2. The van der Waals surface area contributed by atoms with Gasteiger partial charge in [-0.2, -0.15) is 0 Å². The molecule has 2 heterocycles. The van der Waals surface area contributed by atoms with E-state index < -0.39 is 0 Å². The van der Waals surface area contributed by atoms with Crippen molar-refractivity contribution in [2.24, 2.45) is 5.92 Å². The number of nitrogens with one attached hydrogen (secondary N) is 2. The lowest BCUT2D eigenvalue weighted by atomic mass is 9.96. The topological polar surface area (TPSA) is 87.5 Å². The Hall–Kier alpha value is -2.54. The number of piperidine rings is 1. The molecule has 7 nitrogen and oxygen atoms in total. The van der Waals surface area contributed by atoms with Crippen LogP contribution in [0.25, 0.3) is 11.3 Å². The fraction of sp³-hybridized carbons (Fsp3) is 0.500. The molecular formula is C22H29ClN4O3. The van der Waals surface area contributed by atoms with Crippen LogP contribution in [0.3, 0.4) is 0 Å². The third kappa shape index (κ3) is 5.33. The second kappa shape index (κ2) is 9.08. The van der Waals surface area contributed by atoms with E-state index in [4.69, 9.17) is 16.1 Å². The van der Waals surface area contributed by atoms with Crippen molar-refractivity contribution in [1.29, 1.82) is 0 Å². The Kier molecular flexibility index (Phi) is 6.71. The van der Waals surface area contributed by atoms with E-state index in [1.807, 2.05) is 43.9 Å². The van der Waals surface area contributed by atoms with E-state index in [9.17, 15) is 9.59 Å². The maximum Gasteiger partial charge on any atom is 0.317 e. The summed E-state index contributed by atoms with van der Waals surface area (Å²) < 4.78 is 5.28. The number of urea groups is 1. The molecule has 0 atom stereocenters. The summed E-state index contributed by atoms with van der Waals surface area (Å²) in [6, 6.07) is 7.21. The van der Waals surface area contributed by atoms with E-state index in [1.54, 1.807) is 13.0 Å². The molecule has 0 bridgehead atoms. The Balaban J connectivity index is 1.57. The van der Waals surface area contributed by atoms with Crippen LogP contribution in [0.1, 0.15) is 49.7 Å². The minimum absolute atomic E-state index is 0.0329. The van der Waals surface area contributed by atoms with Gasteiger partial charge < -0.3 is 20.1 Å². The first-order valence-electron chi connectivity index (χ1n) is 10.2. The summed E-state index contributed by atoms with van der Waals surface area (Å²) in [7, 11) is 0. The summed E-state index contributed by atoms with van der Waals surface area (Å²) in [5, 5.41) is 10.6. The van der Waals surface area contributed by atoms with E-state index in [2.05, 4.69) is 15.8 Å². The highest BCUT2D eigenvalue weighted by molar-refractivity contribution is 6.33. The zero-order valence-corrected chi connectivity index (χ0v) is 18.7. The quantitative estimate of drug-likeness (QED) is 0.755. The molecule has 2 aromatic rings. The lowest BCUT2D eigenvalue weighted by Crippen LogP contribution is -2.51. The van der Waals surface area contributed by atoms with Crippen molar-refractivity contribution in [2.75, 3.05) is 19.6 Å². The summed E-state index contributed by atoms with van der Waals surface area (Å²) in [5.41, 5.74) is 1.27. The van der Waals surface area contributed by atoms with Gasteiger partial charge in [-0.05, 0) is 52.5 Å². The van der Waals surface area contributed by atoms with Crippen LogP contribution in [0.15, 0.2) is 28.8 Å². The number of halogens is 1. The van der Waals surface area contributed by atoms with Gasteiger partial charge in [0.25, 0.3) is 5.91 Å². The molecule has 3 rings (SSSR count). The van der Waals surface area contributed by atoms with Gasteiger partial charge in [-0.15, -0.1) is 0 Å². The van der Waals surface area contributed by atoms with Gasteiger partial charge in [-0.3, -0.25) is 4.79 Å². The van der Waals surface area contributed by atoms with Gasteiger partial charge >= 0.3 is 6.03 Å². The Morgan fingerprint density at radius 2 is 1.90 bits per heavy atom. The molecular weight excluding hydrogens is 404 g/mol. The largest absolute Gasteiger partial charge is 0.360 e. The van der Waals surface area contributed by atoms with E-state index in [0.29, 0.717) is 53.2 Å². The molecule has 1 aromatic heterocycles. The van der Waals surface area contributed by atoms with Crippen molar-refractivity contribution in [3.63, 3.8) is 0 Å². The van der Waals surface area contributed by atoms with Crippen molar-refractivity contribution in [2.45, 2.75) is 46.1 Å². The van der Waals surface area contributed by atoms with Crippen LogP contribution < -0.4 is 10.6 Å². The van der Waals surface area contributed by atoms with Crippen LogP contribution in [0.4, 0.5) is 4.79 Å². The van der Waals surface area contributed by atoms with Gasteiger partial charge in [-0.1, -0.05) is 35.0 Å². The maximum absolute atomic E-state index is 12.9. The number of hydrogen-bond donors (Lipinski definition) is 2. The van der Waals surface area contributed by atoms with Crippen molar-refractivity contribution in [3.8, 4) is 11.3 Å². The monoisotopic (exact) mass is 432 g/mol. The molecule has 0 unspecified atom stereocenters. The number of likely N-dealkylation sites (tertiary alicyclic amines) is 1. The molecule has 1 fully saturated rings. The predicted octanol–water partition coefficient (Wildman–Crippen LogP) is 4.25. The molecule has 2 N–H and O–H groups in total. The molecule has 30 heavy (non-hydrogen) atoms. The number of aryl methyl sites for hydroxylation is 1. The Morgan fingerprint density at radius 3 is 2.53 bits per heavy atom. The molecule has 162 valence electrons. The lowest BCUT2D eigenvalue weighted by molar-refractivity contribution is 0.0936. The molecule has 1 aliphatic heterocycles. The standard InChI is InChI=1S/C22H29ClN4O3/c1-14-18(19(26-30-14)16-7-5-6-8-17(16)23)20(28)24-13-15-9-11-27(12-10-15)21(29)25-22(2,3)4/h5-8,15H,9-13H2,1-4H3,(H,24,28)(H,25,29). The molecule has 1 aromatic carbocycles. The number of amides is 3. The zero-order valence-electron chi connectivity index (χ0n) is 17.9. The molecule has 0 spiro atoms. The van der Waals surface area contributed by atoms with Crippen LogP contribution in [0.5, 0.6) is 0 Å². The van der Waals surface area contributed by atoms with Crippen molar-refractivity contribution < 1.29 is 14.1 Å². The molecule has 1 aliphatic rings. The summed E-state index contributed by atoms with van der Waals surface area (Å²) >= 11 is 6.27. The van der Waals surface area contributed by atoms with Crippen LogP contribution in [0, 0.1) is 12.8 Å². The molecule has 0 saturated carbocycles. The van der Waals surface area contributed by atoms with Crippen LogP contribution >= 0.6 is 11.6 Å². The molecule has 8 heteroatoms. The SMILES string of the molecule is Cc1onc(-c2ccccc2Cl)c1C(=O)NCC1CCN(C(=O)NC(C)(C)C)CC1. The third-order valence-corrected chi connectivity index (χ3v) is 5.48. The van der Waals surface area contributed by atoms with E-state index in [1.165, 1.54) is 0 Å². The minimum atomic E-state index is -0.252. The number of hydrogen-bond acceptors (Lipinski definition) is 4. The fourth-order valence-electron chi connectivity index (χ4n) is 3.54. The Bertz CT molecular complexity index is 911. The summed E-state index contributed by atoms with van der Waals surface area (Å²) in [6.07, 6.45) is 1.69. The van der Waals surface area contributed by atoms with Gasteiger partial charge in [-0.25, -0.2) is 4.79 Å². The van der Waals surface area contributed by atoms with Crippen LogP contribution in [-0.4, -0.2) is 47.2 Å². The second-order valence-electron chi connectivity index (χ2n) is 8.76. The molecule has 0 aliphatic carbocycles. The van der Waals surface area contributed by atoms with Crippen LogP contribution in [0.2, 0.25) is 5.02 Å². The molecule has 1 saturated heterocycles. The van der Waals surface area contributed by atoms with E-state index >= 15 is 0 Å².